The number of nitrogens with zero attached hydrogens (tertiary/aromatic N) is 2. The lowest BCUT2D eigenvalue weighted by molar-refractivity contribution is 0.0951. The van der Waals surface area contributed by atoms with E-state index in [4.69, 9.17) is 11.6 Å². The maximum Gasteiger partial charge on any atom is 0.251 e. The van der Waals surface area contributed by atoms with Crippen molar-refractivity contribution in [3.05, 3.63) is 82.9 Å². The Labute approximate surface area is 217 Å². The first kappa shape index (κ1) is 24.9. The largest absolute Gasteiger partial charge is 0.348 e. The van der Waals surface area contributed by atoms with E-state index in [2.05, 4.69) is 58.4 Å². The van der Waals surface area contributed by atoms with E-state index in [1.165, 1.54) is 28.3 Å². The van der Waals surface area contributed by atoms with Gasteiger partial charge in [-0.05, 0) is 67.3 Å². The molecule has 1 N–H and O–H groups in total. The monoisotopic (exact) mass is 513 g/mol. The van der Waals surface area contributed by atoms with Crippen molar-refractivity contribution in [2.24, 2.45) is 0 Å². The molecule has 1 saturated heterocycles. The van der Waals surface area contributed by atoms with Gasteiger partial charge >= 0.3 is 0 Å². The van der Waals surface area contributed by atoms with Gasteiger partial charge in [-0.25, -0.2) is 0 Å². The highest BCUT2D eigenvalue weighted by Gasteiger charge is 2.33. The third kappa shape index (κ3) is 5.08. The standard InChI is InChI=1S/C27H28ClN3OS.ClH/c1-2-26(30-14-5-6-15-30)31-22-10-3-4-11-24(22)33-25-13-12-20(17-23(25)31)27(32)29-18-19-8-7-9-21(28)16-19;/h3-4,7-13,16-17,26H,2,5-6,14-15,18H2,1H3,(H,29,32);1H. The van der Waals surface area contributed by atoms with E-state index in [0.717, 1.165) is 30.8 Å². The fourth-order valence-corrected chi connectivity index (χ4v) is 6.09. The minimum Gasteiger partial charge on any atom is -0.348 e. The maximum atomic E-state index is 13.1. The lowest BCUT2D eigenvalue weighted by Gasteiger charge is -2.42. The Morgan fingerprint density at radius 1 is 1.00 bits per heavy atom. The van der Waals surface area contributed by atoms with Gasteiger partial charge in [-0.3, -0.25) is 9.69 Å². The summed E-state index contributed by atoms with van der Waals surface area (Å²) in [7, 11) is 0. The number of hydrogen-bond acceptors (Lipinski definition) is 4. The molecule has 7 heteroatoms. The number of fused-ring (bicyclic) bond motifs is 2. The number of halogens is 2. The van der Waals surface area contributed by atoms with Gasteiger partial charge in [0.1, 0.15) is 0 Å². The molecule has 0 saturated carbocycles. The van der Waals surface area contributed by atoms with Crippen LogP contribution in [0, 0.1) is 0 Å². The highest BCUT2D eigenvalue weighted by molar-refractivity contribution is 7.99. The van der Waals surface area contributed by atoms with Crippen LogP contribution in [0.3, 0.4) is 0 Å². The summed E-state index contributed by atoms with van der Waals surface area (Å²) in [6.45, 7) is 4.95. The van der Waals surface area contributed by atoms with Crippen molar-refractivity contribution in [3.8, 4) is 0 Å². The Balaban J connectivity index is 0.00000274. The second kappa shape index (κ2) is 11.0. The zero-order chi connectivity index (χ0) is 22.8. The van der Waals surface area contributed by atoms with Crippen molar-refractivity contribution >= 4 is 53.1 Å². The molecule has 0 aromatic heterocycles. The first-order valence-corrected chi connectivity index (χ1v) is 12.8. The fraction of sp³-hybridized carbons (Fsp3) is 0.296. The molecule has 3 aromatic carbocycles. The molecule has 0 aliphatic carbocycles. The van der Waals surface area contributed by atoms with E-state index in [9.17, 15) is 4.79 Å². The van der Waals surface area contributed by atoms with Crippen LogP contribution in [0.2, 0.25) is 5.02 Å². The number of hydrogen-bond donors (Lipinski definition) is 1. The Kier molecular flexibility index (Phi) is 8.10. The van der Waals surface area contributed by atoms with Crippen molar-refractivity contribution < 1.29 is 4.79 Å². The van der Waals surface area contributed by atoms with Crippen molar-refractivity contribution in [1.82, 2.24) is 10.2 Å². The van der Waals surface area contributed by atoms with Crippen LogP contribution < -0.4 is 10.2 Å². The molecule has 1 unspecified atom stereocenters. The summed E-state index contributed by atoms with van der Waals surface area (Å²) >= 11 is 7.87. The normalized spacial score (nSPS) is 15.8. The van der Waals surface area contributed by atoms with E-state index >= 15 is 0 Å². The van der Waals surface area contributed by atoms with Gasteiger partial charge in [0.2, 0.25) is 0 Å². The van der Waals surface area contributed by atoms with Crippen LogP contribution in [0.5, 0.6) is 0 Å². The summed E-state index contributed by atoms with van der Waals surface area (Å²) in [5, 5.41) is 3.72. The number of para-hydroxylation sites is 1. The molecule has 4 nitrogen and oxygen atoms in total. The molecule has 34 heavy (non-hydrogen) atoms. The van der Waals surface area contributed by atoms with Crippen LogP contribution >= 0.6 is 35.8 Å². The fourth-order valence-electron chi connectivity index (χ4n) is 4.82. The number of rotatable bonds is 6. The lowest BCUT2D eigenvalue weighted by atomic mass is 10.1. The van der Waals surface area contributed by atoms with Crippen molar-refractivity contribution in [2.45, 2.75) is 48.7 Å². The molecular weight excluding hydrogens is 485 g/mol. The Hall–Kier alpha value is -2.18. The molecule has 2 aliphatic rings. The number of likely N-dealkylation sites (tertiary alicyclic amines) is 1. The molecular formula is C27H29Cl2N3OS. The lowest BCUT2D eigenvalue weighted by Crippen LogP contribution is -2.45. The second-order valence-corrected chi connectivity index (χ2v) is 10.1. The van der Waals surface area contributed by atoms with Crippen LogP contribution in [-0.2, 0) is 6.54 Å². The second-order valence-electron chi connectivity index (χ2n) is 8.57. The summed E-state index contributed by atoms with van der Waals surface area (Å²) in [5.41, 5.74) is 4.01. The summed E-state index contributed by atoms with van der Waals surface area (Å²) in [6, 6.07) is 22.3. The molecule has 5 rings (SSSR count). The number of nitrogens with one attached hydrogen (secondary N) is 1. The highest BCUT2D eigenvalue weighted by Crippen LogP contribution is 2.50. The SMILES string of the molecule is CCC(N1CCCC1)N1c2ccccc2Sc2ccc(C(=O)NCc3cccc(Cl)c3)cc21.Cl. The summed E-state index contributed by atoms with van der Waals surface area (Å²) in [6.07, 6.45) is 3.79. The predicted molar refractivity (Wildman–Crippen MR) is 144 cm³/mol. The quantitative estimate of drug-likeness (QED) is 0.380. The van der Waals surface area contributed by atoms with E-state index in [-0.39, 0.29) is 24.5 Å². The Morgan fingerprint density at radius 3 is 2.53 bits per heavy atom. The van der Waals surface area contributed by atoms with Gasteiger partial charge in [-0.1, -0.05) is 54.6 Å². The van der Waals surface area contributed by atoms with Gasteiger partial charge in [0.05, 0.1) is 17.5 Å². The predicted octanol–water partition coefficient (Wildman–Crippen LogP) is 7.13. The number of carbonyl (C=O) groups excluding carboxylic acids is 1. The summed E-state index contributed by atoms with van der Waals surface area (Å²) in [4.78, 5) is 20.6. The molecule has 1 atom stereocenters. The Bertz CT molecular complexity index is 1170. The number of carbonyl (C=O) groups is 1. The minimum atomic E-state index is -0.0733. The van der Waals surface area contributed by atoms with Crippen LogP contribution in [-0.4, -0.2) is 30.1 Å². The van der Waals surface area contributed by atoms with Crippen LogP contribution in [0.25, 0.3) is 0 Å². The topological polar surface area (TPSA) is 35.6 Å². The summed E-state index contributed by atoms with van der Waals surface area (Å²) < 4.78 is 0. The molecule has 1 fully saturated rings. The molecule has 0 bridgehead atoms. The average molecular weight is 515 g/mol. The molecule has 0 radical (unpaired) electrons. The third-order valence-electron chi connectivity index (χ3n) is 6.39. The van der Waals surface area contributed by atoms with Gasteiger partial charge in [0.25, 0.3) is 5.91 Å². The molecule has 1 amide bonds. The molecule has 0 spiro atoms. The first-order chi connectivity index (χ1) is 16.1. The first-order valence-electron chi connectivity index (χ1n) is 11.6. The third-order valence-corrected chi connectivity index (χ3v) is 7.76. The molecule has 2 aliphatic heterocycles. The van der Waals surface area contributed by atoms with E-state index in [1.807, 2.05) is 30.3 Å². The van der Waals surface area contributed by atoms with Crippen molar-refractivity contribution in [1.29, 1.82) is 0 Å². The zero-order valence-corrected chi connectivity index (χ0v) is 21.6. The minimum absolute atomic E-state index is 0. The van der Waals surface area contributed by atoms with Crippen LogP contribution in [0.4, 0.5) is 11.4 Å². The van der Waals surface area contributed by atoms with E-state index in [0.29, 0.717) is 17.1 Å². The van der Waals surface area contributed by atoms with E-state index in [1.54, 1.807) is 11.8 Å². The zero-order valence-electron chi connectivity index (χ0n) is 19.2. The van der Waals surface area contributed by atoms with Gasteiger partial charge in [0.15, 0.2) is 0 Å². The van der Waals surface area contributed by atoms with Crippen molar-refractivity contribution in [3.63, 3.8) is 0 Å². The van der Waals surface area contributed by atoms with Gasteiger partial charge in [-0.2, -0.15) is 0 Å². The molecule has 3 aromatic rings. The molecule has 2 heterocycles. The Morgan fingerprint density at radius 2 is 1.76 bits per heavy atom. The number of anilines is 2. The van der Waals surface area contributed by atoms with Crippen LogP contribution in [0.1, 0.15) is 42.1 Å². The smallest absolute Gasteiger partial charge is 0.251 e. The van der Waals surface area contributed by atoms with Crippen molar-refractivity contribution in [2.75, 3.05) is 18.0 Å². The summed E-state index contributed by atoms with van der Waals surface area (Å²) in [5.74, 6) is -0.0733. The van der Waals surface area contributed by atoms with Crippen LogP contribution in [0.15, 0.2) is 76.5 Å². The maximum absolute atomic E-state index is 13.1. The van der Waals surface area contributed by atoms with Gasteiger partial charge in [0, 0.05) is 40.0 Å². The van der Waals surface area contributed by atoms with Gasteiger partial charge in [-0.15, -0.1) is 12.4 Å². The number of amides is 1. The highest BCUT2D eigenvalue weighted by atomic mass is 35.5. The van der Waals surface area contributed by atoms with E-state index < -0.39 is 0 Å². The molecule has 178 valence electrons. The van der Waals surface area contributed by atoms with Gasteiger partial charge < -0.3 is 10.2 Å². The number of benzene rings is 3. The average Bonchev–Trinajstić information content (AvgIpc) is 3.37.